The molecular formula is C18H19NO6S. The molecule has 2 aromatic rings. The van der Waals surface area contributed by atoms with Gasteiger partial charge in [0.05, 0.1) is 16.8 Å². The topological polar surface area (TPSA) is 112 Å². The molecule has 0 aliphatic rings. The number of hydrogen-bond donors (Lipinski definition) is 2. The van der Waals surface area contributed by atoms with Crippen LogP contribution in [0.2, 0.25) is 0 Å². The van der Waals surface area contributed by atoms with Gasteiger partial charge in [-0.15, -0.1) is 0 Å². The van der Waals surface area contributed by atoms with Crippen molar-refractivity contribution in [3.05, 3.63) is 59.7 Å². The van der Waals surface area contributed by atoms with Crippen molar-refractivity contribution in [3.63, 3.8) is 0 Å². The molecule has 0 spiro atoms. The van der Waals surface area contributed by atoms with Crippen molar-refractivity contribution in [2.45, 2.75) is 24.7 Å². The number of nitrogens with zero attached hydrogens (tertiary/aromatic N) is 1. The Bertz CT molecular complexity index is 906. The number of unbranched alkanes of at least 4 members (excludes halogenated alkanes) is 1. The van der Waals surface area contributed by atoms with E-state index in [-0.39, 0.29) is 28.3 Å². The van der Waals surface area contributed by atoms with E-state index < -0.39 is 22.0 Å². The zero-order valence-electron chi connectivity index (χ0n) is 14.1. The maximum Gasteiger partial charge on any atom is 0.337 e. The molecule has 0 aliphatic heterocycles. The highest BCUT2D eigenvalue weighted by Crippen LogP contribution is 2.27. The Kier molecular flexibility index (Phi) is 5.99. The van der Waals surface area contributed by atoms with E-state index in [1.807, 2.05) is 6.92 Å². The summed E-state index contributed by atoms with van der Waals surface area (Å²) in [4.78, 5) is 22.1. The van der Waals surface area contributed by atoms with Gasteiger partial charge in [-0.05, 0) is 42.8 Å². The second-order valence-corrected chi connectivity index (χ2v) is 7.41. The van der Waals surface area contributed by atoms with E-state index >= 15 is 0 Å². The predicted octanol–water partition coefficient (Wildman–Crippen LogP) is 3.08. The molecule has 0 unspecified atom stereocenters. The summed E-state index contributed by atoms with van der Waals surface area (Å²) in [6.07, 6.45) is 1.30. The molecule has 0 radical (unpaired) electrons. The van der Waals surface area contributed by atoms with Gasteiger partial charge in [0.2, 0.25) is 0 Å². The van der Waals surface area contributed by atoms with Gasteiger partial charge >= 0.3 is 11.9 Å². The molecule has 138 valence electrons. The molecule has 0 saturated heterocycles. The molecule has 26 heavy (non-hydrogen) atoms. The van der Waals surface area contributed by atoms with Crippen molar-refractivity contribution in [2.24, 2.45) is 0 Å². The fraction of sp³-hybridized carbons (Fsp3) is 0.222. The Morgan fingerprint density at radius 1 is 0.962 bits per heavy atom. The first kappa shape index (κ1) is 19.5. The summed E-state index contributed by atoms with van der Waals surface area (Å²) in [5, 5.41) is 18.3. The Morgan fingerprint density at radius 2 is 1.58 bits per heavy atom. The maximum atomic E-state index is 13.1. The molecule has 2 aromatic carbocycles. The van der Waals surface area contributed by atoms with Crippen molar-refractivity contribution in [3.8, 4) is 0 Å². The third-order valence-electron chi connectivity index (χ3n) is 3.80. The van der Waals surface area contributed by atoms with Crippen LogP contribution >= 0.6 is 0 Å². The average molecular weight is 377 g/mol. The van der Waals surface area contributed by atoms with E-state index in [0.29, 0.717) is 6.42 Å². The number of benzene rings is 2. The van der Waals surface area contributed by atoms with Gasteiger partial charge in [0.15, 0.2) is 0 Å². The van der Waals surface area contributed by atoms with E-state index in [9.17, 15) is 23.1 Å². The van der Waals surface area contributed by atoms with Crippen LogP contribution in [0.25, 0.3) is 0 Å². The minimum absolute atomic E-state index is 0.0347. The third-order valence-corrected chi connectivity index (χ3v) is 5.69. The van der Waals surface area contributed by atoms with Crippen LogP contribution in [0, 0.1) is 0 Å². The normalized spacial score (nSPS) is 11.1. The molecule has 8 heteroatoms. The number of carboxylic acid groups (broad SMARTS) is 2. The number of anilines is 1. The minimum Gasteiger partial charge on any atom is -0.478 e. The Balaban J connectivity index is 2.55. The average Bonchev–Trinajstić information content (AvgIpc) is 2.62. The van der Waals surface area contributed by atoms with E-state index in [1.165, 1.54) is 48.5 Å². The largest absolute Gasteiger partial charge is 0.478 e. The first-order valence-corrected chi connectivity index (χ1v) is 9.41. The molecule has 0 atom stereocenters. The SMILES string of the molecule is CCCCN(c1ccc(C(=O)O)cc1)S(=O)(=O)c1ccccc1C(=O)O. The van der Waals surface area contributed by atoms with Crippen molar-refractivity contribution in [2.75, 3.05) is 10.8 Å². The summed E-state index contributed by atoms with van der Waals surface area (Å²) in [6, 6.07) is 10.8. The Hall–Kier alpha value is -2.87. The van der Waals surface area contributed by atoms with E-state index in [0.717, 1.165) is 10.7 Å². The van der Waals surface area contributed by atoms with Gasteiger partial charge < -0.3 is 10.2 Å². The Morgan fingerprint density at radius 3 is 2.12 bits per heavy atom. The van der Waals surface area contributed by atoms with Crippen LogP contribution in [0.15, 0.2) is 53.4 Å². The van der Waals surface area contributed by atoms with Crippen molar-refractivity contribution >= 4 is 27.6 Å². The van der Waals surface area contributed by atoms with Crippen LogP contribution in [-0.4, -0.2) is 37.1 Å². The second-order valence-electron chi connectivity index (χ2n) is 5.58. The number of aromatic carboxylic acids is 2. The van der Waals surface area contributed by atoms with Crippen LogP contribution in [0.3, 0.4) is 0 Å². The second kappa shape index (κ2) is 8.01. The molecule has 0 saturated carbocycles. The first-order valence-electron chi connectivity index (χ1n) is 7.97. The van der Waals surface area contributed by atoms with Gasteiger partial charge in [-0.2, -0.15) is 0 Å². The number of rotatable bonds is 8. The molecular weight excluding hydrogens is 358 g/mol. The zero-order chi connectivity index (χ0) is 19.3. The van der Waals surface area contributed by atoms with Gasteiger partial charge in [-0.25, -0.2) is 18.0 Å². The quantitative estimate of drug-likeness (QED) is 0.731. The molecule has 2 rings (SSSR count). The summed E-state index contributed by atoms with van der Waals surface area (Å²) < 4.78 is 27.4. The minimum atomic E-state index is -4.13. The number of carboxylic acids is 2. The molecule has 0 aromatic heterocycles. The standard InChI is InChI=1S/C18H19NO6S/c1-2-3-12-19(14-10-8-13(9-11-14)17(20)21)26(24,25)16-7-5-4-6-15(16)18(22)23/h4-11H,2-3,12H2,1H3,(H,20,21)(H,22,23). The molecule has 0 bridgehead atoms. The molecule has 0 fully saturated rings. The summed E-state index contributed by atoms with van der Waals surface area (Å²) in [6.45, 7) is 2.06. The van der Waals surface area contributed by atoms with Crippen molar-refractivity contribution in [1.29, 1.82) is 0 Å². The Labute approximate surface area is 151 Å². The summed E-state index contributed by atoms with van der Waals surface area (Å²) in [7, 11) is -4.13. The lowest BCUT2D eigenvalue weighted by Crippen LogP contribution is -2.33. The highest BCUT2D eigenvalue weighted by Gasteiger charge is 2.29. The van der Waals surface area contributed by atoms with Gasteiger partial charge in [0, 0.05) is 6.54 Å². The summed E-state index contributed by atoms with van der Waals surface area (Å²) >= 11 is 0. The number of carbonyl (C=O) groups is 2. The van der Waals surface area contributed by atoms with Crippen LogP contribution in [-0.2, 0) is 10.0 Å². The van der Waals surface area contributed by atoms with Crippen molar-refractivity contribution < 1.29 is 28.2 Å². The fourth-order valence-corrected chi connectivity index (χ4v) is 4.14. The first-order chi connectivity index (χ1) is 12.3. The lowest BCUT2D eigenvalue weighted by Gasteiger charge is -2.25. The molecule has 7 nitrogen and oxygen atoms in total. The number of hydrogen-bond acceptors (Lipinski definition) is 4. The third kappa shape index (κ3) is 4.02. The van der Waals surface area contributed by atoms with Crippen LogP contribution in [0.5, 0.6) is 0 Å². The lowest BCUT2D eigenvalue weighted by molar-refractivity contribution is 0.0684. The predicted molar refractivity (Wildman–Crippen MR) is 96.2 cm³/mol. The van der Waals surface area contributed by atoms with E-state index in [4.69, 9.17) is 5.11 Å². The molecule has 0 amide bonds. The van der Waals surface area contributed by atoms with Gasteiger partial charge in [0.25, 0.3) is 10.0 Å². The van der Waals surface area contributed by atoms with E-state index in [1.54, 1.807) is 0 Å². The molecule has 0 aliphatic carbocycles. The molecule has 2 N–H and O–H groups in total. The van der Waals surface area contributed by atoms with Crippen LogP contribution < -0.4 is 4.31 Å². The highest BCUT2D eigenvalue weighted by atomic mass is 32.2. The van der Waals surface area contributed by atoms with Crippen LogP contribution in [0.4, 0.5) is 5.69 Å². The van der Waals surface area contributed by atoms with Gasteiger partial charge in [-0.3, -0.25) is 4.31 Å². The van der Waals surface area contributed by atoms with E-state index in [2.05, 4.69) is 0 Å². The summed E-state index contributed by atoms with van der Waals surface area (Å²) in [5.41, 5.74) is 0.00678. The fourth-order valence-electron chi connectivity index (χ4n) is 2.45. The van der Waals surface area contributed by atoms with Crippen LogP contribution in [0.1, 0.15) is 40.5 Å². The lowest BCUT2D eigenvalue weighted by atomic mass is 10.2. The monoisotopic (exact) mass is 377 g/mol. The van der Waals surface area contributed by atoms with Gasteiger partial charge in [0.1, 0.15) is 4.90 Å². The van der Waals surface area contributed by atoms with Gasteiger partial charge in [-0.1, -0.05) is 25.5 Å². The maximum absolute atomic E-state index is 13.1. The smallest absolute Gasteiger partial charge is 0.337 e. The zero-order valence-corrected chi connectivity index (χ0v) is 14.9. The highest BCUT2D eigenvalue weighted by molar-refractivity contribution is 7.93. The molecule has 0 heterocycles. The summed E-state index contributed by atoms with van der Waals surface area (Å²) in [5.74, 6) is -2.45. The van der Waals surface area contributed by atoms with Crippen molar-refractivity contribution in [1.82, 2.24) is 0 Å². The number of sulfonamides is 1.